The Morgan fingerprint density at radius 1 is 1.12 bits per heavy atom. The molecule has 0 N–H and O–H groups in total. The smallest absolute Gasteiger partial charge is 0.166 e. The maximum Gasteiger partial charge on any atom is 0.418 e. The molecule has 88 valence electrons. The van der Waals surface area contributed by atoms with Crippen molar-refractivity contribution in [2.45, 2.75) is 6.18 Å². The Balaban J connectivity index is 2.60. The van der Waals surface area contributed by atoms with Gasteiger partial charge in [-0.05, 0) is 12.1 Å². The highest BCUT2D eigenvalue weighted by molar-refractivity contribution is 6.29. The number of hydrogen-bond acceptors (Lipinski definition) is 4. The Labute approximate surface area is 98.5 Å². The highest BCUT2D eigenvalue weighted by Crippen LogP contribution is 2.35. The number of alkyl halides is 3. The molecule has 0 aromatic carbocycles. The first kappa shape index (κ1) is 11.7. The van der Waals surface area contributed by atoms with Crippen molar-refractivity contribution < 1.29 is 13.2 Å². The molecule has 0 bridgehead atoms. The van der Waals surface area contributed by atoms with Gasteiger partial charge in [-0.25, -0.2) is 0 Å². The Hall–Kier alpha value is -1.76. The molecule has 0 fully saturated rings. The van der Waals surface area contributed by atoms with Gasteiger partial charge in [0.2, 0.25) is 0 Å². The second kappa shape index (κ2) is 4.25. The Kier molecular flexibility index (Phi) is 2.93. The van der Waals surface area contributed by atoms with Crippen LogP contribution in [0.1, 0.15) is 5.56 Å². The summed E-state index contributed by atoms with van der Waals surface area (Å²) in [6, 6.07) is 2.09. The molecule has 0 radical (unpaired) electrons. The highest BCUT2D eigenvalue weighted by atomic mass is 35.5. The molecule has 2 heterocycles. The van der Waals surface area contributed by atoms with Gasteiger partial charge in [0.25, 0.3) is 0 Å². The number of nitrogens with zero attached hydrogens (tertiary/aromatic N) is 4. The van der Waals surface area contributed by atoms with Crippen molar-refractivity contribution in [2.24, 2.45) is 0 Å². The predicted molar refractivity (Wildman–Crippen MR) is 53.1 cm³/mol. The molecular formula is C9H4ClF3N4. The molecule has 2 aromatic heterocycles. The lowest BCUT2D eigenvalue weighted by Gasteiger charge is -2.10. The summed E-state index contributed by atoms with van der Waals surface area (Å²) in [4.78, 5) is 0. The molecule has 0 aliphatic heterocycles. The zero-order valence-electron chi connectivity index (χ0n) is 8.11. The van der Waals surface area contributed by atoms with E-state index in [1.165, 1.54) is 6.07 Å². The molecule has 17 heavy (non-hydrogen) atoms. The zero-order chi connectivity index (χ0) is 12.5. The van der Waals surface area contributed by atoms with Crippen molar-refractivity contribution in [1.82, 2.24) is 20.4 Å². The Morgan fingerprint density at radius 3 is 2.53 bits per heavy atom. The average molecular weight is 261 g/mol. The largest absolute Gasteiger partial charge is 0.418 e. The predicted octanol–water partition coefficient (Wildman–Crippen LogP) is 2.61. The lowest BCUT2D eigenvalue weighted by molar-refractivity contribution is -0.137. The normalized spacial score (nSPS) is 11.5. The first-order chi connectivity index (χ1) is 7.98. The van der Waals surface area contributed by atoms with Crippen LogP contribution < -0.4 is 0 Å². The lowest BCUT2D eigenvalue weighted by atomic mass is 10.1. The second-order valence-electron chi connectivity index (χ2n) is 3.06. The molecule has 0 unspecified atom stereocenters. The van der Waals surface area contributed by atoms with Crippen molar-refractivity contribution in [3.05, 3.63) is 35.2 Å². The van der Waals surface area contributed by atoms with Crippen LogP contribution in [0, 0.1) is 0 Å². The van der Waals surface area contributed by atoms with Gasteiger partial charge in [-0.3, -0.25) is 0 Å². The van der Waals surface area contributed by atoms with Gasteiger partial charge in [-0.15, -0.1) is 10.2 Å². The molecule has 0 aliphatic rings. The number of halogens is 4. The van der Waals surface area contributed by atoms with Gasteiger partial charge in [-0.1, -0.05) is 11.6 Å². The van der Waals surface area contributed by atoms with Crippen molar-refractivity contribution in [3.8, 4) is 11.3 Å². The van der Waals surface area contributed by atoms with Gasteiger partial charge in [0.05, 0.1) is 18.0 Å². The third-order valence-electron chi connectivity index (χ3n) is 1.92. The molecule has 0 saturated heterocycles. The van der Waals surface area contributed by atoms with Crippen molar-refractivity contribution in [2.75, 3.05) is 0 Å². The standard InChI is InChI=1S/C9H4ClF3N4/c10-7-3-5(4-15-16-7)8-6(9(11,12)13)1-2-14-17-8/h1-4H. The molecule has 0 spiro atoms. The minimum absolute atomic E-state index is 0.0127. The van der Waals surface area contributed by atoms with Crippen molar-refractivity contribution in [1.29, 1.82) is 0 Å². The van der Waals surface area contributed by atoms with E-state index in [0.29, 0.717) is 0 Å². The maximum atomic E-state index is 12.7. The van der Waals surface area contributed by atoms with E-state index in [0.717, 1.165) is 18.5 Å². The van der Waals surface area contributed by atoms with Crippen LogP contribution in [-0.2, 0) is 6.18 Å². The lowest BCUT2D eigenvalue weighted by Crippen LogP contribution is -2.09. The molecule has 2 aromatic rings. The average Bonchev–Trinajstić information content (AvgIpc) is 2.28. The van der Waals surface area contributed by atoms with Crippen LogP contribution in [0.5, 0.6) is 0 Å². The molecule has 0 atom stereocenters. The molecule has 8 heteroatoms. The van der Waals surface area contributed by atoms with Crippen LogP contribution in [0.2, 0.25) is 5.15 Å². The summed E-state index contributed by atoms with van der Waals surface area (Å²) in [6.45, 7) is 0. The van der Waals surface area contributed by atoms with Crippen molar-refractivity contribution >= 4 is 11.6 Å². The van der Waals surface area contributed by atoms with Gasteiger partial charge >= 0.3 is 6.18 Å². The quantitative estimate of drug-likeness (QED) is 0.791. The fourth-order valence-corrected chi connectivity index (χ4v) is 1.41. The van der Waals surface area contributed by atoms with E-state index < -0.39 is 11.7 Å². The van der Waals surface area contributed by atoms with E-state index in [2.05, 4.69) is 20.4 Å². The first-order valence-electron chi connectivity index (χ1n) is 4.36. The van der Waals surface area contributed by atoms with E-state index >= 15 is 0 Å². The number of aromatic nitrogens is 4. The molecule has 0 saturated carbocycles. The fraction of sp³-hybridized carbons (Fsp3) is 0.111. The van der Waals surface area contributed by atoms with Gasteiger partial charge in [0.15, 0.2) is 5.15 Å². The van der Waals surface area contributed by atoms with Gasteiger partial charge < -0.3 is 0 Å². The summed E-state index contributed by atoms with van der Waals surface area (Å²) in [6.07, 6.45) is -2.39. The molecule has 0 aliphatic carbocycles. The van der Waals surface area contributed by atoms with Crippen LogP contribution >= 0.6 is 11.6 Å². The topological polar surface area (TPSA) is 51.6 Å². The molecule has 4 nitrogen and oxygen atoms in total. The SMILES string of the molecule is FC(F)(F)c1ccnnc1-c1cnnc(Cl)c1. The van der Waals surface area contributed by atoms with E-state index in [1.807, 2.05) is 0 Å². The molecule has 2 rings (SSSR count). The molecule has 0 amide bonds. The maximum absolute atomic E-state index is 12.7. The summed E-state index contributed by atoms with van der Waals surface area (Å²) in [5.41, 5.74) is -1.10. The van der Waals surface area contributed by atoms with Crippen LogP contribution in [0.15, 0.2) is 24.5 Å². The van der Waals surface area contributed by atoms with E-state index in [1.54, 1.807) is 0 Å². The van der Waals surface area contributed by atoms with Gasteiger partial charge in [0, 0.05) is 5.56 Å². The number of hydrogen-bond donors (Lipinski definition) is 0. The minimum atomic E-state index is -4.51. The van der Waals surface area contributed by atoms with Crippen LogP contribution in [-0.4, -0.2) is 20.4 Å². The third-order valence-corrected chi connectivity index (χ3v) is 2.11. The first-order valence-corrected chi connectivity index (χ1v) is 4.74. The van der Waals surface area contributed by atoms with Crippen molar-refractivity contribution in [3.63, 3.8) is 0 Å². The number of rotatable bonds is 1. The van der Waals surface area contributed by atoms with E-state index in [4.69, 9.17) is 11.6 Å². The van der Waals surface area contributed by atoms with E-state index in [9.17, 15) is 13.2 Å². The van der Waals surface area contributed by atoms with Crippen LogP contribution in [0.25, 0.3) is 11.3 Å². The summed E-state index contributed by atoms with van der Waals surface area (Å²) in [5.74, 6) is 0. The van der Waals surface area contributed by atoms with Gasteiger partial charge in [0.1, 0.15) is 5.69 Å². The summed E-state index contributed by atoms with van der Waals surface area (Å²) >= 11 is 5.56. The van der Waals surface area contributed by atoms with Crippen LogP contribution in [0.4, 0.5) is 13.2 Å². The highest BCUT2D eigenvalue weighted by Gasteiger charge is 2.34. The van der Waals surface area contributed by atoms with E-state index in [-0.39, 0.29) is 16.4 Å². The Bertz CT molecular complexity index is 544. The molecular weight excluding hydrogens is 257 g/mol. The van der Waals surface area contributed by atoms with Gasteiger partial charge in [-0.2, -0.15) is 23.4 Å². The zero-order valence-corrected chi connectivity index (χ0v) is 8.87. The summed E-state index contributed by atoms with van der Waals surface area (Å²) < 4.78 is 38.1. The van der Waals surface area contributed by atoms with Crippen LogP contribution in [0.3, 0.4) is 0 Å². The fourth-order valence-electron chi connectivity index (χ4n) is 1.24. The summed E-state index contributed by atoms with van der Waals surface area (Å²) in [7, 11) is 0. The monoisotopic (exact) mass is 260 g/mol. The minimum Gasteiger partial charge on any atom is -0.166 e. The second-order valence-corrected chi connectivity index (χ2v) is 3.45. The third kappa shape index (κ3) is 2.50. The Morgan fingerprint density at radius 2 is 1.88 bits per heavy atom. The summed E-state index contributed by atoms with van der Waals surface area (Å²) in [5, 5.41) is 13.8.